The van der Waals surface area contributed by atoms with Crippen LogP contribution in [0.3, 0.4) is 0 Å². The number of nitrogens with zero attached hydrogens (tertiary/aromatic N) is 3. The summed E-state index contributed by atoms with van der Waals surface area (Å²) in [6, 6.07) is 7.27. The average Bonchev–Trinajstić information content (AvgIpc) is 3.08. The van der Waals surface area contributed by atoms with Crippen molar-refractivity contribution in [2.45, 2.75) is 38.9 Å². The zero-order chi connectivity index (χ0) is 24.0. The van der Waals surface area contributed by atoms with E-state index >= 15 is 4.39 Å². The minimum atomic E-state index is -0.723. The van der Waals surface area contributed by atoms with Crippen molar-refractivity contribution in [3.8, 4) is 0 Å². The second-order valence-corrected chi connectivity index (χ2v) is 9.26. The van der Waals surface area contributed by atoms with Crippen molar-refractivity contribution in [2.75, 3.05) is 31.1 Å². The van der Waals surface area contributed by atoms with Gasteiger partial charge in [0.15, 0.2) is 0 Å². The predicted octanol–water partition coefficient (Wildman–Crippen LogP) is 2.36. The molecule has 178 valence electrons. The molecular formula is C25H26F2N4O3. The lowest BCUT2D eigenvalue weighted by molar-refractivity contribution is -0.136. The third kappa shape index (κ3) is 4.27. The van der Waals surface area contributed by atoms with Crippen molar-refractivity contribution < 1.29 is 23.2 Å². The summed E-state index contributed by atoms with van der Waals surface area (Å²) in [4.78, 5) is 42.2. The van der Waals surface area contributed by atoms with Crippen LogP contribution in [-0.4, -0.2) is 59.7 Å². The monoisotopic (exact) mass is 468 g/mol. The highest BCUT2D eigenvalue weighted by molar-refractivity contribution is 6.05. The first kappa shape index (κ1) is 22.5. The lowest BCUT2D eigenvalue weighted by Crippen LogP contribution is -2.52. The van der Waals surface area contributed by atoms with Crippen LogP contribution in [-0.2, 0) is 22.7 Å². The number of nitrogens with one attached hydrogen (secondary N) is 1. The van der Waals surface area contributed by atoms with E-state index in [2.05, 4.69) is 10.2 Å². The summed E-state index contributed by atoms with van der Waals surface area (Å²) < 4.78 is 28.7. The molecule has 0 bridgehead atoms. The Morgan fingerprint density at radius 2 is 1.76 bits per heavy atom. The summed E-state index contributed by atoms with van der Waals surface area (Å²) >= 11 is 0. The smallest absolute Gasteiger partial charge is 0.255 e. The maximum absolute atomic E-state index is 15.0. The van der Waals surface area contributed by atoms with Gasteiger partial charge in [-0.3, -0.25) is 24.6 Å². The van der Waals surface area contributed by atoms with E-state index in [1.54, 1.807) is 12.1 Å². The number of carbonyl (C=O) groups excluding carboxylic acids is 3. The molecule has 2 aromatic carbocycles. The number of fused-ring (bicyclic) bond motifs is 1. The van der Waals surface area contributed by atoms with Crippen LogP contribution in [0.2, 0.25) is 0 Å². The van der Waals surface area contributed by atoms with Crippen LogP contribution < -0.4 is 10.2 Å². The third-order valence-corrected chi connectivity index (χ3v) is 6.81. The van der Waals surface area contributed by atoms with E-state index in [1.807, 2.05) is 17.9 Å². The Hall–Kier alpha value is -3.33. The SMILES string of the molecule is Cc1cc(F)cc(CN2CCN(c3cc4c(cc3F)C(=O)N(C3CCC(=O)NC3=O)C4)CC2)c1. The van der Waals surface area contributed by atoms with Gasteiger partial charge in [0.25, 0.3) is 5.91 Å². The number of hydrogen-bond acceptors (Lipinski definition) is 5. The van der Waals surface area contributed by atoms with Crippen LogP contribution in [0.4, 0.5) is 14.5 Å². The molecule has 3 heterocycles. The van der Waals surface area contributed by atoms with Crippen molar-refractivity contribution in [3.05, 3.63) is 64.2 Å². The first-order valence-corrected chi connectivity index (χ1v) is 11.5. The number of amides is 3. The molecule has 0 aromatic heterocycles. The Kier molecular flexibility index (Phi) is 5.81. The molecule has 7 nitrogen and oxygen atoms in total. The van der Waals surface area contributed by atoms with E-state index in [0.29, 0.717) is 44.0 Å². The third-order valence-electron chi connectivity index (χ3n) is 6.81. The van der Waals surface area contributed by atoms with Gasteiger partial charge < -0.3 is 9.80 Å². The van der Waals surface area contributed by atoms with Crippen molar-refractivity contribution in [1.29, 1.82) is 0 Å². The summed E-state index contributed by atoms with van der Waals surface area (Å²) in [6.45, 7) is 5.33. The molecule has 1 atom stereocenters. The van der Waals surface area contributed by atoms with Gasteiger partial charge in [-0.15, -0.1) is 0 Å². The molecule has 2 fully saturated rings. The Balaban J connectivity index is 1.27. The van der Waals surface area contributed by atoms with Crippen molar-refractivity contribution in [2.24, 2.45) is 0 Å². The average molecular weight is 469 g/mol. The fourth-order valence-corrected chi connectivity index (χ4v) is 5.13. The molecule has 2 saturated heterocycles. The van der Waals surface area contributed by atoms with Gasteiger partial charge in [-0.25, -0.2) is 8.78 Å². The number of piperidine rings is 1. The minimum Gasteiger partial charge on any atom is -0.367 e. The van der Waals surface area contributed by atoms with E-state index in [-0.39, 0.29) is 42.6 Å². The second-order valence-electron chi connectivity index (χ2n) is 9.26. The Bertz CT molecular complexity index is 1160. The number of imide groups is 1. The van der Waals surface area contributed by atoms with Gasteiger partial charge in [0.05, 0.1) is 5.69 Å². The summed E-state index contributed by atoms with van der Waals surface area (Å²) in [5.41, 5.74) is 3.20. The maximum atomic E-state index is 15.0. The highest BCUT2D eigenvalue weighted by atomic mass is 19.1. The number of rotatable bonds is 4. The zero-order valence-corrected chi connectivity index (χ0v) is 18.9. The maximum Gasteiger partial charge on any atom is 0.255 e. The van der Waals surface area contributed by atoms with Gasteiger partial charge in [0.2, 0.25) is 11.8 Å². The standard InChI is InChI=1S/C25H26F2N4O3/c1-15-8-16(10-18(26)9-15)13-29-4-6-30(7-5-29)22-11-17-14-31(25(34)19(17)12-20(22)27)21-2-3-23(32)28-24(21)33/h8-12,21H,2-7,13-14H2,1H3,(H,28,32,33). The quantitative estimate of drug-likeness (QED) is 0.698. The van der Waals surface area contributed by atoms with Crippen LogP contribution in [0.25, 0.3) is 0 Å². The minimum absolute atomic E-state index is 0.176. The number of aryl methyl sites for hydroxylation is 1. The molecule has 5 rings (SSSR count). The van der Waals surface area contributed by atoms with Crippen LogP contribution >= 0.6 is 0 Å². The molecule has 34 heavy (non-hydrogen) atoms. The van der Waals surface area contributed by atoms with Crippen LogP contribution in [0.15, 0.2) is 30.3 Å². The summed E-state index contributed by atoms with van der Waals surface area (Å²) in [5, 5.41) is 2.28. The normalized spacial score (nSPS) is 21.1. The molecule has 3 aliphatic rings. The first-order valence-electron chi connectivity index (χ1n) is 11.5. The topological polar surface area (TPSA) is 73.0 Å². The van der Waals surface area contributed by atoms with Gasteiger partial charge in [0, 0.05) is 51.3 Å². The molecule has 9 heteroatoms. The summed E-state index contributed by atoms with van der Waals surface area (Å²) in [7, 11) is 0. The number of carbonyl (C=O) groups is 3. The zero-order valence-electron chi connectivity index (χ0n) is 18.9. The highest BCUT2D eigenvalue weighted by Gasteiger charge is 2.39. The number of benzene rings is 2. The number of hydrogen-bond donors (Lipinski definition) is 1. The van der Waals surface area contributed by atoms with Gasteiger partial charge in [0.1, 0.15) is 17.7 Å². The van der Waals surface area contributed by atoms with Crippen molar-refractivity contribution in [1.82, 2.24) is 15.1 Å². The molecule has 0 saturated carbocycles. The largest absolute Gasteiger partial charge is 0.367 e. The van der Waals surface area contributed by atoms with Crippen molar-refractivity contribution >= 4 is 23.4 Å². The van der Waals surface area contributed by atoms with E-state index in [1.165, 1.54) is 17.0 Å². The van der Waals surface area contributed by atoms with Crippen LogP contribution in [0.5, 0.6) is 0 Å². The lowest BCUT2D eigenvalue weighted by atomic mass is 10.0. The lowest BCUT2D eigenvalue weighted by Gasteiger charge is -2.36. The number of halogens is 2. The molecule has 2 aromatic rings. The van der Waals surface area contributed by atoms with E-state index in [0.717, 1.165) is 11.1 Å². The van der Waals surface area contributed by atoms with E-state index in [9.17, 15) is 18.8 Å². The first-order chi connectivity index (χ1) is 16.3. The predicted molar refractivity (Wildman–Crippen MR) is 121 cm³/mol. The summed E-state index contributed by atoms with van der Waals surface area (Å²) in [5.74, 6) is -1.92. The van der Waals surface area contributed by atoms with Crippen LogP contribution in [0.1, 0.15) is 39.9 Å². The molecule has 0 spiro atoms. The molecule has 1 N–H and O–H groups in total. The van der Waals surface area contributed by atoms with Gasteiger partial charge in [-0.2, -0.15) is 0 Å². The van der Waals surface area contributed by atoms with E-state index in [4.69, 9.17) is 0 Å². The van der Waals surface area contributed by atoms with Gasteiger partial charge >= 0.3 is 0 Å². The Morgan fingerprint density at radius 3 is 2.47 bits per heavy atom. The molecule has 0 radical (unpaired) electrons. The second kappa shape index (κ2) is 8.79. The Morgan fingerprint density at radius 1 is 1.00 bits per heavy atom. The number of anilines is 1. The molecule has 3 amide bonds. The molecule has 0 aliphatic carbocycles. The summed E-state index contributed by atoms with van der Waals surface area (Å²) in [6.07, 6.45) is 0.447. The van der Waals surface area contributed by atoms with Gasteiger partial charge in [-0.05, 0) is 54.3 Å². The molecule has 3 aliphatic heterocycles. The highest BCUT2D eigenvalue weighted by Crippen LogP contribution is 2.33. The van der Waals surface area contributed by atoms with Crippen molar-refractivity contribution in [3.63, 3.8) is 0 Å². The fourth-order valence-electron chi connectivity index (χ4n) is 5.13. The molecule has 1 unspecified atom stereocenters. The Labute approximate surface area is 196 Å². The molecular weight excluding hydrogens is 442 g/mol. The number of piperazine rings is 1. The van der Waals surface area contributed by atoms with Crippen LogP contribution in [0, 0.1) is 18.6 Å². The fraction of sp³-hybridized carbons (Fsp3) is 0.400. The van der Waals surface area contributed by atoms with Gasteiger partial charge in [-0.1, -0.05) is 6.07 Å². The van der Waals surface area contributed by atoms with E-state index < -0.39 is 17.8 Å².